The fourth-order valence-electron chi connectivity index (χ4n) is 2.27. The van der Waals surface area contributed by atoms with Gasteiger partial charge in [0.05, 0.1) is 11.5 Å². The Morgan fingerprint density at radius 1 is 1.32 bits per heavy atom. The van der Waals surface area contributed by atoms with Crippen molar-refractivity contribution in [3.63, 3.8) is 0 Å². The molecule has 25 heavy (non-hydrogen) atoms. The largest absolute Gasteiger partial charge is 0.394 e. The number of aliphatic hydroxyl groups excluding tert-OH is 1. The summed E-state index contributed by atoms with van der Waals surface area (Å²) in [6, 6.07) is 3.05. The van der Waals surface area contributed by atoms with E-state index in [0.717, 1.165) is 29.4 Å². The van der Waals surface area contributed by atoms with Crippen LogP contribution in [0.3, 0.4) is 0 Å². The first-order valence-corrected chi connectivity index (χ1v) is 8.29. The molecule has 0 saturated heterocycles. The van der Waals surface area contributed by atoms with Gasteiger partial charge in [-0.15, -0.1) is 0 Å². The molecule has 0 spiro atoms. The molecule has 1 heterocycles. The van der Waals surface area contributed by atoms with Crippen molar-refractivity contribution in [2.45, 2.75) is 10.9 Å². The number of nitrogens with two attached hydrogens (primary N) is 1. The fourth-order valence-corrected chi connectivity index (χ4v) is 3.86. The van der Waals surface area contributed by atoms with Crippen LogP contribution in [0, 0.1) is 10.1 Å². The summed E-state index contributed by atoms with van der Waals surface area (Å²) >= 11 is 0. The van der Waals surface area contributed by atoms with Gasteiger partial charge < -0.3 is 15.7 Å². The average molecular weight is 370 g/mol. The number of nitro groups is 1. The fraction of sp³-hybridized carbons (Fsp3) is 0.231. The minimum Gasteiger partial charge on any atom is -0.394 e. The van der Waals surface area contributed by atoms with Crippen LogP contribution in [-0.2, 0) is 19.6 Å². The molecule has 1 aromatic carbocycles. The number of nitrogens with zero attached hydrogens (tertiary/aromatic N) is 3. The van der Waals surface area contributed by atoms with Crippen LogP contribution in [0.25, 0.3) is 0 Å². The monoisotopic (exact) mass is 370 g/mol. The van der Waals surface area contributed by atoms with Gasteiger partial charge in [-0.1, -0.05) is 12.1 Å². The highest BCUT2D eigenvalue weighted by Crippen LogP contribution is 2.29. The lowest BCUT2D eigenvalue weighted by atomic mass is 10.2. The molecule has 0 aliphatic carbocycles. The van der Waals surface area contributed by atoms with Crippen LogP contribution >= 0.6 is 0 Å². The van der Waals surface area contributed by atoms with E-state index in [1.165, 1.54) is 12.1 Å². The molecule has 2 amide bonds. The summed E-state index contributed by atoms with van der Waals surface area (Å²) < 4.78 is 26.0. The van der Waals surface area contributed by atoms with Gasteiger partial charge in [-0.3, -0.25) is 24.0 Å². The Kier molecular flexibility index (Phi) is 5.04. The van der Waals surface area contributed by atoms with Crippen LogP contribution in [0.4, 0.5) is 5.69 Å². The van der Waals surface area contributed by atoms with E-state index >= 15 is 0 Å². The third-order valence-corrected chi connectivity index (χ3v) is 5.22. The van der Waals surface area contributed by atoms with E-state index in [1.54, 1.807) is 0 Å². The van der Waals surface area contributed by atoms with Gasteiger partial charge in [0.2, 0.25) is 5.91 Å². The summed E-state index contributed by atoms with van der Waals surface area (Å²) in [6.45, 7) is -1.39. The normalized spacial score (nSPS) is 17.6. The molecule has 0 aromatic heterocycles. The summed E-state index contributed by atoms with van der Waals surface area (Å²) in [5.41, 5.74) is 4.33. The van der Waals surface area contributed by atoms with Crippen LogP contribution in [0.15, 0.2) is 41.6 Å². The lowest BCUT2D eigenvalue weighted by Crippen LogP contribution is -2.53. The molecule has 0 fully saturated rings. The molecule has 11 nitrogen and oxygen atoms in total. The van der Waals surface area contributed by atoms with Gasteiger partial charge in [0.15, 0.2) is 4.90 Å². The Morgan fingerprint density at radius 2 is 1.96 bits per heavy atom. The maximum absolute atomic E-state index is 12.8. The smallest absolute Gasteiger partial charge is 0.289 e. The zero-order chi connectivity index (χ0) is 18.8. The summed E-state index contributed by atoms with van der Waals surface area (Å²) in [6.07, 6.45) is 1.95. The standard InChI is InChI=1S/C13H14N4O7S/c14-12(19)7-15-5-6-16(10(8-18)13(15)20)25(23,24)11-4-2-1-3-9(11)17(21)22/h1-6,10,18H,7-8H2,(H2,14,19)/t10-/m0/s1. The minimum atomic E-state index is -4.50. The third kappa shape index (κ3) is 3.44. The first-order chi connectivity index (χ1) is 11.7. The topological polar surface area (TPSA) is 164 Å². The van der Waals surface area contributed by atoms with Gasteiger partial charge in [0.25, 0.3) is 21.6 Å². The van der Waals surface area contributed by atoms with Crippen LogP contribution in [0.5, 0.6) is 0 Å². The number of carbonyl (C=O) groups excluding carboxylic acids is 2. The second kappa shape index (κ2) is 6.86. The Hall–Kier alpha value is -2.99. The molecule has 1 aliphatic rings. The van der Waals surface area contributed by atoms with E-state index < -0.39 is 56.5 Å². The second-order valence-corrected chi connectivity index (χ2v) is 6.80. The molecule has 1 atom stereocenters. The highest BCUT2D eigenvalue weighted by Gasteiger charge is 2.40. The van der Waals surface area contributed by atoms with Crippen LogP contribution in [0.2, 0.25) is 0 Å². The van der Waals surface area contributed by atoms with Gasteiger partial charge in [0, 0.05) is 18.5 Å². The number of nitro benzene ring substituents is 1. The summed E-state index contributed by atoms with van der Waals surface area (Å²) in [4.78, 5) is 33.7. The number of sulfonamides is 1. The van der Waals surface area contributed by atoms with E-state index in [-0.39, 0.29) is 0 Å². The van der Waals surface area contributed by atoms with E-state index in [2.05, 4.69) is 0 Å². The van der Waals surface area contributed by atoms with Crippen LogP contribution < -0.4 is 5.73 Å². The molecule has 3 N–H and O–H groups in total. The minimum absolute atomic E-state index is 0.495. The molecule has 0 saturated carbocycles. The van der Waals surface area contributed by atoms with E-state index in [0.29, 0.717) is 4.31 Å². The lowest BCUT2D eigenvalue weighted by Gasteiger charge is -2.34. The summed E-state index contributed by atoms with van der Waals surface area (Å²) in [5.74, 6) is -1.71. The van der Waals surface area contributed by atoms with E-state index in [9.17, 15) is 33.2 Å². The maximum atomic E-state index is 12.8. The number of hydrogen-bond acceptors (Lipinski definition) is 7. The average Bonchev–Trinajstić information content (AvgIpc) is 2.55. The van der Waals surface area contributed by atoms with Crippen molar-refractivity contribution in [2.75, 3.05) is 13.2 Å². The molecule has 0 unspecified atom stereocenters. The van der Waals surface area contributed by atoms with Crippen LogP contribution in [-0.4, -0.2) is 58.7 Å². The number of amides is 2. The zero-order valence-corrected chi connectivity index (χ0v) is 13.5. The molecular formula is C13H14N4O7S. The van der Waals surface area contributed by atoms with Crippen molar-refractivity contribution in [2.24, 2.45) is 5.73 Å². The zero-order valence-electron chi connectivity index (χ0n) is 12.7. The van der Waals surface area contributed by atoms with Crippen molar-refractivity contribution < 1.29 is 28.0 Å². The number of hydrogen-bond donors (Lipinski definition) is 2. The number of rotatable bonds is 6. The number of para-hydroxylation sites is 1. The van der Waals surface area contributed by atoms with E-state index in [4.69, 9.17) is 5.73 Å². The molecule has 2 rings (SSSR count). The van der Waals surface area contributed by atoms with Gasteiger partial charge >= 0.3 is 0 Å². The predicted molar refractivity (Wildman–Crippen MR) is 83.0 cm³/mol. The summed E-state index contributed by atoms with van der Waals surface area (Å²) in [7, 11) is -4.50. The van der Waals surface area contributed by atoms with Gasteiger partial charge in [0.1, 0.15) is 12.6 Å². The number of primary amides is 1. The second-order valence-electron chi connectivity index (χ2n) is 4.99. The molecule has 0 radical (unpaired) electrons. The van der Waals surface area contributed by atoms with Crippen molar-refractivity contribution in [1.82, 2.24) is 9.21 Å². The molecular weight excluding hydrogens is 356 g/mol. The first-order valence-electron chi connectivity index (χ1n) is 6.85. The SMILES string of the molecule is NC(=O)CN1C=CN(S(=O)(=O)c2ccccc2[N+](=O)[O-])[C@@H](CO)C1=O. The third-order valence-electron chi connectivity index (χ3n) is 3.39. The Balaban J connectivity index is 2.51. The molecule has 134 valence electrons. The number of carbonyl (C=O) groups is 2. The Morgan fingerprint density at radius 3 is 2.52 bits per heavy atom. The van der Waals surface area contributed by atoms with Gasteiger partial charge in [-0.25, -0.2) is 8.42 Å². The number of aliphatic hydroxyl groups is 1. The van der Waals surface area contributed by atoms with Gasteiger partial charge in [-0.05, 0) is 6.07 Å². The van der Waals surface area contributed by atoms with E-state index in [1.807, 2.05) is 0 Å². The number of benzene rings is 1. The summed E-state index contributed by atoms with van der Waals surface area (Å²) in [5, 5.41) is 20.5. The Labute approximate surface area is 142 Å². The van der Waals surface area contributed by atoms with Crippen molar-refractivity contribution in [3.8, 4) is 0 Å². The van der Waals surface area contributed by atoms with Gasteiger partial charge in [-0.2, -0.15) is 0 Å². The molecule has 1 aromatic rings. The molecule has 1 aliphatic heterocycles. The molecule has 12 heteroatoms. The van der Waals surface area contributed by atoms with Crippen molar-refractivity contribution >= 4 is 27.5 Å². The predicted octanol–water partition coefficient (Wildman–Crippen LogP) is -1.25. The van der Waals surface area contributed by atoms with Crippen molar-refractivity contribution in [3.05, 3.63) is 46.8 Å². The first kappa shape index (κ1) is 18.4. The van der Waals surface area contributed by atoms with Crippen LogP contribution in [0.1, 0.15) is 0 Å². The highest BCUT2D eigenvalue weighted by atomic mass is 32.2. The Bertz CT molecular complexity index is 852. The maximum Gasteiger partial charge on any atom is 0.289 e. The lowest BCUT2D eigenvalue weighted by molar-refractivity contribution is -0.387. The van der Waals surface area contributed by atoms with Crippen molar-refractivity contribution in [1.29, 1.82) is 0 Å². The highest BCUT2D eigenvalue weighted by molar-refractivity contribution is 7.89. The molecule has 0 bridgehead atoms. The quantitative estimate of drug-likeness (QED) is 0.466.